The van der Waals surface area contributed by atoms with Crippen LogP contribution in [0, 0.1) is 23.7 Å². The lowest BCUT2D eigenvalue weighted by molar-refractivity contribution is -0.243. The molecule has 0 radical (unpaired) electrons. The molecule has 5 rings (SSSR count). The molecule has 4 aliphatic carbocycles. The highest BCUT2D eigenvalue weighted by Crippen LogP contribution is 2.49. The summed E-state index contributed by atoms with van der Waals surface area (Å²) >= 11 is 0. The van der Waals surface area contributed by atoms with Crippen molar-refractivity contribution in [2.45, 2.75) is 165 Å². The molecule has 0 aromatic carbocycles. The van der Waals surface area contributed by atoms with E-state index in [0.29, 0.717) is 30.3 Å². The van der Waals surface area contributed by atoms with Gasteiger partial charge in [-0.3, -0.25) is 0 Å². The number of hydrogen-bond acceptors (Lipinski definition) is 4. The lowest BCUT2D eigenvalue weighted by Gasteiger charge is -2.55. The van der Waals surface area contributed by atoms with Gasteiger partial charge in [-0.15, -0.1) is 0 Å². The third-order valence-corrected chi connectivity index (χ3v) is 11.5. The van der Waals surface area contributed by atoms with Gasteiger partial charge in [-0.05, 0) is 94.5 Å². The predicted octanol–water partition coefficient (Wildman–Crippen LogP) is 7.99. The molecule has 3 saturated carbocycles. The Hall–Kier alpha value is -0.680. The molecular weight excluding hydrogens is 480 g/mol. The molecule has 5 aliphatic rings. The van der Waals surface area contributed by atoms with Gasteiger partial charge in [0.05, 0.1) is 23.9 Å². The Morgan fingerprint density at radius 2 is 1.31 bits per heavy atom. The molecule has 0 aromatic heterocycles. The van der Waals surface area contributed by atoms with Gasteiger partial charge in [-0.1, -0.05) is 89.4 Å². The van der Waals surface area contributed by atoms with Gasteiger partial charge in [0, 0.05) is 5.54 Å². The van der Waals surface area contributed by atoms with Crippen molar-refractivity contribution >= 4 is 0 Å². The van der Waals surface area contributed by atoms with Gasteiger partial charge >= 0.3 is 0 Å². The largest absolute Gasteiger partial charge is 0.370 e. The zero-order chi connectivity index (χ0) is 27.5. The monoisotopic (exact) mass is 540 g/mol. The van der Waals surface area contributed by atoms with Gasteiger partial charge in [0.1, 0.15) is 6.10 Å². The topological polar surface area (TPSA) is 70.5 Å². The van der Waals surface area contributed by atoms with Crippen LogP contribution in [0.2, 0.25) is 0 Å². The van der Waals surface area contributed by atoms with Crippen molar-refractivity contribution in [1.29, 1.82) is 0 Å². The van der Waals surface area contributed by atoms with Crippen LogP contribution in [0.3, 0.4) is 0 Å². The van der Waals surface area contributed by atoms with Crippen LogP contribution < -0.4 is 11.5 Å². The minimum absolute atomic E-state index is 0.0811. The van der Waals surface area contributed by atoms with E-state index in [4.69, 9.17) is 20.9 Å². The van der Waals surface area contributed by atoms with Crippen LogP contribution in [-0.2, 0) is 9.47 Å². The summed E-state index contributed by atoms with van der Waals surface area (Å²) in [4.78, 5) is 0. The summed E-state index contributed by atoms with van der Waals surface area (Å²) in [6, 6.07) is 0. The Balaban J connectivity index is 1.53. The Morgan fingerprint density at radius 1 is 0.795 bits per heavy atom. The SMILES string of the molecule is C[C@@H]1C=C(C(N)(C2CCCCC2)[C@@H]2OCC(C)(C)OC2CC(N)(C2CCCCCC2)C2CCCCC2)C=CC1. The van der Waals surface area contributed by atoms with Crippen molar-refractivity contribution in [3.05, 3.63) is 23.8 Å². The van der Waals surface area contributed by atoms with Gasteiger partial charge in [0.15, 0.2) is 0 Å². The zero-order valence-electron chi connectivity index (χ0n) is 25.6. The van der Waals surface area contributed by atoms with Crippen LogP contribution in [0.4, 0.5) is 0 Å². The van der Waals surface area contributed by atoms with E-state index in [-0.39, 0.29) is 23.3 Å². The number of hydrogen-bond donors (Lipinski definition) is 2. The molecule has 0 spiro atoms. The fraction of sp³-hybridized carbons (Fsp3) is 0.886. The number of allylic oxidation sites excluding steroid dienone is 2. The van der Waals surface area contributed by atoms with Crippen molar-refractivity contribution in [3.8, 4) is 0 Å². The second-order valence-corrected chi connectivity index (χ2v) is 15.0. The van der Waals surface area contributed by atoms with E-state index in [1.165, 1.54) is 108 Å². The second-order valence-electron chi connectivity index (χ2n) is 15.0. The van der Waals surface area contributed by atoms with E-state index in [0.717, 1.165) is 12.8 Å². The molecule has 0 bridgehead atoms. The third kappa shape index (κ3) is 6.55. The van der Waals surface area contributed by atoms with Crippen LogP contribution in [0.15, 0.2) is 23.8 Å². The van der Waals surface area contributed by atoms with Crippen molar-refractivity contribution in [2.75, 3.05) is 6.61 Å². The molecule has 4 N–H and O–H groups in total. The van der Waals surface area contributed by atoms with E-state index >= 15 is 0 Å². The molecule has 4 fully saturated rings. The molecule has 1 aliphatic heterocycles. The minimum atomic E-state index is -0.538. The number of rotatable bonds is 7. The normalized spacial score (nSPS) is 35.0. The van der Waals surface area contributed by atoms with E-state index in [1.54, 1.807) is 0 Å². The summed E-state index contributed by atoms with van der Waals surface area (Å²) in [6.45, 7) is 7.31. The van der Waals surface area contributed by atoms with E-state index in [1.807, 2.05) is 0 Å². The lowest BCUT2D eigenvalue weighted by Crippen LogP contribution is -2.69. The van der Waals surface area contributed by atoms with Crippen LogP contribution in [0.1, 0.15) is 136 Å². The lowest BCUT2D eigenvalue weighted by atomic mass is 9.61. The summed E-state index contributed by atoms with van der Waals surface area (Å²) in [5.41, 5.74) is 15.8. The maximum absolute atomic E-state index is 7.82. The Morgan fingerprint density at radius 3 is 1.85 bits per heavy atom. The molecule has 4 nitrogen and oxygen atoms in total. The smallest absolute Gasteiger partial charge is 0.106 e. The van der Waals surface area contributed by atoms with E-state index in [9.17, 15) is 0 Å². The average Bonchev–Trinajstić information content (AvgIpc) is 3.24. The second kappa shape index (κ2) is 12.7. The highest BCUT2D eigenvalue weighted by Gasteiger charge is 2.55. The summed E-state index contributed by atoms with van der Waals surface area (Å²) in [6.07, 6.45) is 29.6. The number of nitrogens with two attached hydrogens (primary N) is 2. The highest BCUT2D eigenvalue weighted by atomic mass is 16.6. The highest BCUT2D eigenvalue weighted by molar-refractivity contribution is 5.38. The molecule has 3 unspecified atom stereocenters. The fourth-order valence-corrected chi connectivity index (χ4v) is 9.31. The van der Waals surface area contributed by atoms with E-state index in [2.05, 4.69) is 39.0 Å². The standard InChI is InChI=1S/C35H60N2O2/c1-26-15-14-22-30(23-26)35(37,29-20-12-7-13-21-29)32-31(39-33(2,3)25-38-32)24-34(36,28-18-10-6-11-19-28)27-16-8-4-5-9-17-27/h14,22-23,26-29,31-32H,4-13,15-21,24-25,36-37H2,1-3H3/t26-,31?,32+,34?,35?/m0/s1. The first kappa shape index (κ1) is 29.8. The van der Waals surface area contributed by atoms with Crippen LogP contribution in [0.25, 0.3) is 0 Å². The predicted molar refractivity (Wildman–Crippen MR) is 162 cm³/mol. The van der Waals surface area contributed by atoms with Crippen LogP contribution in [0.5, 0.6) is 0 Å². The van der Waals surface area contributed by atoms with Gasteiger partial charge in [0.25, 0.3) is 0 Å². The molecular formula is C35H60N2O2. The van der Waals surface area contributed by atoms with Crippen LogP contribution >= 0.6 is 0 Å². The van der Waals surface area contributed by atoms with Crippen LogP contribution in [-0.4, -0.2) is 35.5 Å². The molecule has 0 amide bonds. The molecule has 1 heterocycles. The van der Waals surface area contributed by atoms with Gasteiger partial charge in [-0.2, -0.15) is 0 Å². The maximum atomic E-state index is 7.82. The first-order valence-electron chi connectivity index (χ1n) is 17.0. The van der Waals surface area contributed by atoms with Crippen molar-refractivity contribution in [2.24, 2.45) is 35.1 Å². The molecule has 0 aromatic rings. The molecule has 4 heteroatoms. The molecule has 1 saturated heterocycles. The van der Waals surface area contributed by atoms with E-state index < -0.39 is 5.54 Å². The Labute approximate surface area is 240 Å². The molecule has 5 atom stereocenters. The van der Waals surface area contributed by atoms with Gasteiger partial charge in [0.2, 0.25) is 0 Å². The van der Waals surface area contributed by atoms with Crippen molar-refractivity contribution < 1.29 is 9.47 Å². The maximum Gasteiger partial charge on any atom is 0.106 e. The summed E-state index contributed by atoms with van der Waals surface area (Å²) in [5.74, 6) is 2.09. The van der Waals surface area contributed by atoms with Crippen molar-refractivity contribution in [1.82, 2.24) is 0 Å². The number of ether oxygens (including phenoxy) is 2. The first-order chi connectivity index (χ1) is 18.7. The minimum Gasteiger partial charge on any atom is -0.370 e. The summed E-state index contributed by atoms with van der Waals surface area (Å²) in [5, 5.41) is 0. The third-order valence-electron chi connectivity index (χ3n) is 11.5. The summed E-state index contributed by atoms with van der Waals surface area (Å²) in [7, 11) is 0. The zero-order valence-corrected chi connectivity index (χ0v) is 25.6. The quantitative estimate of drug-likeness (QED) is 0.321. The van der Waals surface area contributed by atoms with Crippen molar-refractivity contribution in [3.63, 3.8) is 0 Å². The Kier molecular flexibility index (Phi) is 9.69. The van der Waals surface area contributed by atoms with Gasteiger partial charge < -0.3 is 20.9 Å². The van der Waals surface area contributed by atoms with Gasteiger partial charge in [-0.25, -0.2) is 0 Å². The Bertz CT molecular complexity index is 847. The fourth-order valence-electron chi connectivity index (χ4n) is 9.31. The first-order valence-corrected chi connectivity index (χ1v) is 17.0. The molecule has 39 heavy (non-hydrogen) atoms. The summed E-state index contributed by atoms with van der Waals surface area (Å²) < 4.78 is 14.1. The average molecular weight is 541 g/mol. The molecule has 222 valence electrons.